The smallest absolute Gasteiger partial charge is 0.198 e. The van der Waals surface area contributed by atoms with Crippen molar-refractivity contribution in [2.45, 2.75) is 6.92 Å². The summed E-state index contributed by atoms with van der Waals surface area (Å²) < 4.78 is 0. The third-order valence-electron chi connectivity index (χ3n) is 2.94. The molecule has 19 heavy (non-hydrogen) atoms. The average molecular weight is 256 g/mol. The molecule has 1 aliphatic carbocycles. The summed E-state index contributed by atoms with van der Waals surface area (Å²) in [5.74, 6) is -1.92. The number of benzene rings is 1. The van der Waals surface area contributed by atoms with Gasteiger partial charge in [0.15, 0.2) is 17.3 Å². The van der Waals surface area contributed by atoms with Gasteiger partial charge in [0, 0.05) is 16.7 Å². The van der Waals surface area contributed by atoms with E-state index >= 15 is 0 Å². The standard InChI is InChI=1S/C15H12O4/c1-3-9-12(13(17)8(2)16)15(19)11-7-5-4-6-10(11)14(9)18/h3-7,16-17H,1H2,2H3/b13-8-. The molecule has 0 aliphatic heterocycles. The molecular formula is C15H12O4. The second-order valence-electron chi connectivity index (χ2n) is 4.13. The van der Waals surface area contributed by atoms with Crippen LogP contribution in [-0.4, -0.2) is 21.8 Å². The molecule has 2 rings (SSSR count). The van der Waals surface area contributed by atoms with Crippen LogP contribution in [-0.2, 0) is 0 Å². The van der Waals surface area contributed by atoms with E-state index in [0.29, 0.717) is 0 Å². The van der Waals surface area contributed by atoms with Gasteiger partial charge in [0.05, 0.1) is 5.57 Å². The van der Waals surface area contributed by atoms with Crippen molar-refractivity contribution in [1.29, 1.82) is 0 Å². The van der Waals surface area contributed by atoms with Gasteiger partial charge in [-0.1, -0.05) is 36.9 Å². The molecule has 1 aromatic carbocycles. The van der Waals surface area contributed by atoms with Crippen molar-refractivity contribution >= 4 is 11.6 Å². The monoisotopic (exact) mass is 256 g/mol. The van der Waals surface area contributed by atoms with Crippen LogP contribution in [0.25, 0.3) is 0 Å². The van der Waals surface area contributed by atoms with Gasteiger partial charge in [0.2, 0.25) is 0 Å². The molecule has 2 N–H and O–H groups in total. The molecule has 96 valence electrons. The Morgan fingerprint density at radius 2 is 1.63 bits per heavy atom. The van der Waals surface area contributed by atoms with E-state index in [0.717, 1.165) is 0 Å². The van der Waals surface area contributed by atoms with Crippen molar-refractivity contribution in [3.05, 3.63) is 70.7 Å². The highest BCUT2D eigenvalue weighted by atomic mass is 16.3. The van der Waals surface area contributed by atoms with E-state index in [-0.39, 0.29) is 22.3 Å². The van der Waals surface area contributed by atoms with Crippen molar-refractivity contribution < 1.29 is 19.8 Å². The lowest BCUT2D eigenvalue weighted by Crippen LogP contribution is -2.22. The third kappa shape index (κ3) is 1.87. The Labute approximate surface area is 110 Å². The van der Waals surface area contributed by atoms with Gasteiger partial charge in [-0.05, 0) is 6.92 Å². The first-order chi connectivity index (χ1) is 8.99. The van der Waals surface area contributed by atoms with Crippen LogP contribution in [0.1, 0.15) is 27.6 Å². The number of Topliss-reactive ketones (excluding diaryl/α,β-unsaturated/α-hetero) is 2. The molecule has 0 bridgehead atoms. The predicted octanol–water partition coefficient (Wildman–Crippen LogP) is 2.90. The molecule has 0 saturated carbocycles. The Bertz CT molecular complexity index is 658. The number of carbonyl (C=O) groups is 2. The van der Waals surface area contributed by atoms with Crippen LogP contribution in [0.15, 0.2) is 59.6 Å². The molecule has 0 fully saturated rings. The number of rotatable bonds is 2. The van der Waals surface area contributed by atoms with Crippen molar-refractivity contribution in [3.63, 3.8) is 0 Å². The highest BCUT2D eigenvalue weighted by Crippen LogP contribution is 2.30. The van der Waals surface area contributed by atoms with E-state index in [1.54, 1.807) is 18.2 Å². The Morgan fingerprint density at radius 1 is 1.11 bits per heavy atom. The lowest BCUT2D eigenvalue weighted by molar-refractivity contribution is 0.0973. The molecular weight excluding hydrogens is 244 g/mol. The normalized spacial score (nSPS) is 16.1. The summed E-state index contributed by atoms with van der Waals surface area (Å²) in [6.45, 7) is 4.73. The zero-order valence-electron chi connectivity index (χ0n) is 10.3. The van der Waals surface area contributed by atoms with Crippen LogP contribution in [0.3, 0.4) is 0 Å². The fourth-order valence-electron chi connectivity index (χ4n) is 2.01. The summed E-state index contributed by atoms with van der Waals surface area (Å²) in [7, 11) is 0. The number of hydrogen-bond acceptors (Lipinski definition) is 4. The molecule has 1 aliphatic rings. The summed E-state index contributed by atoms with van der Waals surface area (Å²) in [5.41, 5.74) is 0.267. The van der Waals surface area contributed by atoms with Gasteiger partial charge in [-0.15, -0.1) is 0 Å². The van der Waals surface area contributed by atoms with Crippen molar-refractivity contribution in [1.82, 2.24) is 0 Å². The first-order valence-electron chi connectivity index (χ1n) is 5.63. The number of allylic oxidation sites excluding steroid dienone is 4. The van der Waals surface area contributed by atoms with Crippen LogP contribution in [0.2, 0.25) is 0 Å². The maximum Gasteiger partial charge on any atom is 0.198 e. The van der Waals surface area contributed by atoms with Crippen molar-refractivity contribution in [2.24, 2.45) is 0 Å². The second-order valence-corrected chi connectivity index (χ2v) is 4.13. The topological polar surface area (TPSA) is 74.6 Å². The largest absolute Gasteiger partial charge is 0.509 e. The van der Waals surface area contributed by atoms with E-state index in [2.05, 4.69) is 6.58 Å². The maximum absolute atomic E-state index is 12.3. The Hall–Kier alpha value is -2.62. The van der Waals surface area contributed by atoms with E-state index in [1.807, 2.05) is 0 Å². The van der Waals surface area contributed by atoms with Gasteiger partial charge < -0.3 is 10.2 Å². The third-order valence-corrected chi connectivity index (χ3v) is 2.94. The minimum Gasteiger partial charge on any atom is -0.509 e. The van der Waals surface area contributed by atoms with Crippen molar-refractivity contribution in [2.75, 3.05) is 0 Å². The first-order valence-corrected chi connectivity index (χ1v) is 5.63. The van der Waals surface area contributed by atoms with Gasteiger partial charge in [0.25, 0.3) is 0 Å². The van der Waals surface area contributed by atoms with Gasteiger partial charge in [-0.2, -0.15) is 0 Å². The highest BCUT2D eigenvalue weighted by molar-refractivity contribution is 6.29. The molecule has 0 spiro atoms. The second kappa shape index (κ2) is 4.57. The van der Waals surface area contributed by atoms with Gasteiger partial charge in [-0.25, -0.2) is 0 Å². The summed E-state index contributed by atoms with van der Waals surface area (Å²) in [4.78, 5) is 24.5. The Balaban J connectivity index is 2.79. The molecule has 4 nitrogen and oxygen atoms in total. The van der Waals surface area contributed by atoms with Crippen LogP contribution < -0.4 is 0 Å². The Morgan fingerprint density at radius 3 is 2.11 bits per heavy atom. The maximum atomic E-state index is 12.3. The summed E-state index contributed by atoms with van der Waals surface area (Å²) in [6.07, 6.45) is 1.21. The average Bonchev–Trinajstić information content (AvgIpc) is 2.41. The number of ketones is 2. The van der Waals surface area contributed by atoms with Gasteiger partial charge in [0.1, 0.15) is 5.76 Å². The molecule has 0 amide bonds. The molecule has 0 radical (unpaired) electrons. The Kier molecular flexibility index (Phi) is 3.09. The quantitative estimate of drug-likeness (QED) is 0.798. The van der Waals surface area contributed by atoms with Gasteiger partial charge in [-0.3, -0.25) is 9.59 Å². The highest BCUT2D eigenvalue weighted by Gasteiger charge is 2.33. The zero-order valence-corrected chi connectivity index (χ0v) is 10.3. The molecule has 0 heterocycles. The zero-order chi connectivity index (χ0) is 14.2. The molecule has 0 atom stereocenters. The summed E-state index contributed by atoms with van der Waals surface area (Å²) in [6, 6.07) is 6.34. The summed E-state index contributed by atoms with van der Waals surface area (Å²) in [5, 5.41) is 19.2. The van der Waals surface area contributed by atoms with Crippen LogP contribution in [0.4, 0.5) is 0 Å². The van der Waals surface area contributed by atoms with Gasteiger partial charge >= 0.3 is 0 Å². The predicted molar refractivity (Wildman–Crippen MR) is 70.3 cm³/mol. The van der Waals surface area contributed by atoms with Crippen LogP contribution in [0, 0.1) is 0 Å². The van der Waals surface area contributed by atoms with E-state index in [1.165, 1.54) is 19.1 Å². The number of hydrogen-bond donors (Lipinski definition) is 2. The molecule has 1 aromatic rings. The SMILES string of the molecule is C=CC1=C(/C(O)=C(\C)O)C(=O)c2ccccc2C1=O. The number of fused-ring (bicyclic) bond motifs is 1. The van der Waals surface area contributed by atoms with Crippen molar-refractivity contribution in [3.8, 4) is 0 Å². The number of carbonyl (C=O) groups excluding carboxylic acids is 2. The van der Waals surface area contributed by atoms with Crippen LogP contribution in [0.5, 0.6) is 0 Å². The fourth-order valence-corrected chi connectivity index (χ4v) is 2.01. The molecule has 4 heteroatoms. The van der Waals surface area contributed by atoms with Crippen LogP contribution >= 0.6 is 0 Å². The summed E-state index contributed by atoms with van der Waals surface area (Å²) >= 11 is 0. The minimum atomic E-state index is -0.595. The fraction of sp³-hybridized carbons (Fsp3) is 0.0667. The number of aliphatic hydroxyl groups excluding tert-OH is 2. The molecule has 0 unspecified atom stereocenters. The van der Waals surface area contributed by atoms with E-state index in [9.17, 15) is 19.8 Å². The van der Waals surface area contributed by atoms with E-state index in [4.69, 9.17) is 0 Å². The lowest BCUT2D eigenvalue weighted by atomic mass is 9.83. The van der Waals surface area contributed by atoms with E-state index < -0.39 is 23.1 Å². The minimum absolute atomic E-state index is 0.00500. The number of aliphatic hydroxyl groups is 2. The molecule has 0 saturated heterocycles. The molecule has 0 aromatic heterocycles. The first kappa shape index (κ1) is 12.8. The lowest BCUT2D eigenvalue weighted by Gasteiger charge is -2.18.